The molecule has 55 heavy (non-hydrogen) atoms. The van der Waals surface area contributed by atoms with Gasteiger partial charge in [0, 0.05) is 17.7 Å². The lowest BCUT2D eigenvalue weighted by Gasteiger charge is -2.32. The van der Waals surface area contributed by atoms with Gasteiger partial charge in [0.05, 0.1) is 23.0 Å². The zero-order valence-electron chi connectivity index (χ0n) is 31.4. The number of hydrogen-bond acceptors (Lipinski definition) is 9. The number of sulfonamides is 1. The minimum absolute atomic E-state index is 0.0635. The summed E-state index contributed by atoms with van der Waals surface area (Å²) in [6.07, 6.45) is 12.0. The zero-order chi connectivity index (χ0) is 38.3. The van der Waals surface area contributed by atoms with Gasteiger partial charge in [0.2, 0.25) is 21.8 Å². The van der Waals surface area contributed by atoms with Crippen LogP contribution in [0.3, 0.4) is 0 Å². The van der Waals surface area contributed by atoms with Crippen LogP contribution in [0.15, 0.2) is 43.0 Å². The average molecular weight is 776 g/mol. The summed E-state index contributed by atoms with van der Waals surface area (Å²) in [6, 6.07) is 7.87. The van der Waals surface area contributed by atoms with Gasteiger partial charge in [-0.3, -0.25) is 19.1 Å². The predicted molar refractivity (Wildman–Crippen MR) is 204 cm³/mol. The van der Waals surface area contributed by atoms with Crippen molar-refractivity contribution in [2.24, 2.45) is 17.8 Å². The smallest absolute Gasteiger partial charge is 0.408 e. The highest BCUT2D eigenvalue weighted by atomic mass is 32.2. The van der Waals surface area contributed by atoms with E-state index in [1.807, 2.05) is 30.3 Å². The number of carbonyl (C=O) groups excluding carboxylic acids is 4. The molecule has 3 N–H and O–H groups in total. The van der Waals surface area contributed by atoms with Crippen molar-refractivity contribution in [3.8, 4) is 5.75 Å². The molecule has 0 radical (unpaired) electrons. The zero-order valence-corrected chi connectivity index (χ0v) is 32.2. The minimum Gasteiger partial charge on any atom is -0.487 e. The summed E-state index contributed by atoms with van der Waals surface area (Å²) in [6.45, 7) is 3.88. The van der Waals surface area contributed by atoms with Crippen LogP contribution in [0.1, 0.15) is 102 Å². The maximum atomic E-state index is 14.8. The molecule has 1 aromatic heterocycles. The Hall–Kier alpha value is -4.20. The second kappa shape index (κ2) is 15.4. The van der Waals surface area contributed by atoms with E-state index in [1.54, 1.807) is 6.08 Å². The first-order chi connectivity index (χ1) is 26.5. The Morgan fingerprint density at radius 2 is 1.69 bits per heavy atom. The van der Waals surface area contributed by atoms with Gasteiger partial charge in [-0.25, -0.2) is 18.2 Å². The van der Waals surface area contributed by atoms with Crippen molar-refractivity contribution in [3.05, 3.63) is 48.7 Å². The highest BCUT2D eigenvalue weighted by Crippen LogP contribution is 2.46. The average Bonchev–Trinajstić information content (AvgIpc) is 3.95. The summed E-state index contributed by atoms with van der Waals surface area (Å²) in [7, 11) is -3.88. The van der Waals surface area contributed by atoms with Gasteiger partial charge in [-0.15, -0.1) is 6.58 Å². The lowest BCUT2D eigenvalue weighted by molar-refractivity contribution is -0.142. The number of carbonyl (C=O) groups is 4. The van der Waals surface area contributed by atoms with Crippen LogP contribution in [0.4, 0.5) is 4.79 Å². The molecular formula is C41H53N5O8S. The molecule has 1 aromatic carbocycles. The molecule has 6 aliphatic rings. The van der Waals surface area contributed by atoms with Crippen LogP contribution in [-0.2, 0) is 35.6 Å². The number of para-hydroxylation sites is 1. The van der Waals surface area contributed by atoms with E-state index >= 15 is 0 Å². The quantitative estimate of drug-likeness (QED) is 0.334. The van der Waals surface area contributed by atoms with E-state index in [-0.39, 0.29) is 37.3 Å². The van der Waals surface area contributed by atoms with Crippen LogP contribution in [0.25, 0.3) is 10.9 Å². The third-order valence-corrected chi connectivity index (χ3v) is 14.7. The monoisotopic (exact) mass is 775 g/mol. The number of amides is 4. The maximum Gasteiger partial charge on any atom is 0.408 e. The second-order valence-electron chi connectivity index (χ2n) is 16.7. The fourth-order valence-corrected chi connectivity index (χ4v) is 10.9. The van der Waals surface area contributed by atoms with Gasteiger partial charge in [0.25, 0.3) is 5.91 Å². The summed E-state index contributed by atoms with van der Waals surface area (Å²) in [5, 5.41) is 6.13. The van der Waals surface area contributed by atoms with Crippen molar-refractivity contribution < 1.29 is 37.1 Å². The number of aryl methyl sites for hydroxylation is 1. The first kappa shape index (κ1) is 37.7. The van der Waals surface area contributed by atoms with Crippen molar-refractivity contribution >= 4 is 44.7 Å². The van der Waals surface area contributed by atoms with Crippen LogP contribution in [0, 0.1) is 17.8 Å². The number of pyridine rings is 1. The van der Waals surface area contributed by atoms with Crippen molar-refractivity contribution in [2.45, 2.75) is 138 Å². The summed E-state index contributed by atoms with van der Waals surface area (Å²) in [5.41, 5.74) is 0.172. The van der Waals surface area contributed by atoms with Crippen molar-refractivity contribution in [3.63, 3.8) is 0 Å². The molecule has 2 bridgehead atoms. The Bertz CT molecular complexity index is 1950. The Kier molecular flexibility index (Phi) is 10.5. The van der Waals surface area contributed by atoms with Crippen LogP contribution < -0.4 is 20.1 Å². The van der Waals surface area contributed by atoms with Gasteiger partial charge in [-0.2, -0.15) is 0 Å². The molecule has 13 nitrogen and oxygen atoms in total. The third kappa shape index (κ3) is 7.93. The SMILES string of the molecule is C=CC1C[C@]1(NC(=O)[C@@H]1C[C@@H]2CN1C(=O)[C@H](C1CCCC1)NC(=O)O[C@@H]1CCCC1CCCCCc1nc3ccccc3cc1O2)C(=O)NS(=O)(=O)C1CC1. The number of alkyl carbamates (subject to hydrolysis) is 1. The van der Waals surface area contributed by atoms with Crippen LogP contribution >= 0.6 is 0 Å². The number of nitrogens with one attached hydrogen (secondary N) is 3. The Labute approximate surface area is 322 Å². The molecular weight excluding hydrogens is 723 g/mol. The second-order valence-corrected chi connectivity index (χ2v) is 18.7. The lowest BCUT2D eigenvalue weighted by Crippen LogP contribution is -2.59. The largest absolute Gasteiger partial charge is 0.487 e. The number of rotatable bonds is 7. The van der Waals surface area contributed by atoms with Gasteiger partial charge in [-0.05, 0) is 94.6 Å². The molecule has 296 valence electrons. The van der Waals surface area contributed by atoms with E-state index in [0.717, 1.165) is 87.2 Å². The van der Waals surface area contributed by atoms with Crippen LogP contribution in [0.5, 0.6) is 5.75 Å². The molecule has 2 aliphatic heterocycles. The first-order valence-corrected chi connectivity index (χ1v) is 21.9. The number of aromatic nitrogens is 1. The number of fused-ring (bicyclic) bond motifs is 5. The standard InChI is InChI=1S/C41H53N5O8S/c1-2-28-23-41(28,39(49)45-55(51,52)30-19-20-30)44-37(47)33-22-29-24-46(33)38(48)36(26-12-6-7-13-26)43-40(50)54-34-18-10-15-25(34)11-4-3-5-17-32-35(53-29)21-27-14-8-9-16-31(27)42-32/h2,8-9,14,16,21,25-26,28-30,33-34,36H,1,3-7,10-13,15,17-20,22-24H2,(H,43,50)(H,44,47)(H,45,49)/t25?,28?,29-,33+,34-,36+,41-/m1/s1. The van der Waals surface area contributed by atoms with Crippen molar-refractivity contribution in [2.75, 3.05) is 6.54 Å². The van der Waals surface area contributed by atoms with E-state index < -0.39 is 68.7 Å². The summed E-state index contributed by atoms with van der Waals surface area (Å²) in [4.78, 5) is 63.0. The van der Waals surface area contributed by atoms with Gasteiger partial charge in [0.15, 0.2) is 0 Å². The normalized spacial score (nSPS) is 31.9. The first-order valence-electron chi connectivity index (χ1n) is 20.4. The molecule has 8 rings (SSSR count). The highest BCUT2D eigenvalue weighted by molar-refractivity contribution is 7.91. The van der Waals surface area contributed by atoms with E-state index in [9.17, 15) is 27.6 Å². The Morgan fingerprint density at radius 1 is 0.945 bits per heavy atom. The fourth-order valence-electron chi connectivity index (χ4n) is 9.50. The molecule has 5 fully saturated rings. The fraction of sp³-hybridized carbons (Fsp3) is 0.634. The van der Waals surface area contributed by atoms with Crippen molar-refractivity contribution in [1.82, 2.24) is 25.2 Å². The van der Waals surface area contributed by atoms with Gasteiger partial charge in [-0.1, -0.05) is 50.0 Å². The lowest BCUT2D eigenvalue weighted by atomic mass is 9.96. The van der Waals surface area contributed by atoms with Crippen LogP contribution in [0.2, 0.25) is 0 Å². The molecule has 2 unspecified atom stereocenters. The topological polar surface area (TPSA) is 173 Å². The number of nitrogens with zero attached hydrogens (tertiary/aromatic N) is 2. The molecule has 14 heteroatoms. The molecule has 4 amide bonds. The maximum absolute atomic E-state index is 14.8. The summed E-state index contributed by atoms with van der Waals surface area (Å²) >= 11 is 0. The molecule has 3 heterocycles. The van der Waals surface area contributed by atoms with Crippen LogP contribution in [-0.4, -0.2) is 83.7 Å². The van der Waals surface area contributed by atoms with E-state index in [0.29, 0.717) is 25.0 Å². The minimum atomic E-state index is -3.88. The van der Waals surface area contributed by atoms with Gasteiger partial charge in [0.1, 0.15) is 35.6 Å². The molecule has 1 saturated heterocycles. The van der Waals surface area contributed by atoms with Gasteiger partial charge >= 0.3 is 6.09 Å². The van der Waals surface area contributed by atoms with Gasteiger partial charge < -0.3 is 25.0 Å². The summed E-state index contributed by atoms with van der Waals surface area (Å²) in [5.74, 6) is -1.54. The summed E-state index contributed by atoms with van der Waals surface area (Å²) < 4.78 is 40.5. The molecule has 7 atom stereocenters. The molecule has 4 aliphatic carbocycles. The third-order valence-electron chi connectivity index (χ3n) is 12.9. The number of hydrogen-bond donors (Lipinski definition) is 3. The number of ether oxygens (including phenoxy) is 2. The number of benzene rings is 1. The Morgan fingerprint density at radius 3 is 2.45 bits per heavy atom. The molecule has 2 aromatic rings. The van der Waals surface area contributed by atoms with E-state index in [1.165, 1.54) is 4.90 Å². The molecule has 0 spiro atoms. The molecule has 4 saturated carbocycles. The van der Waals surface area contributed by atoms with Crippen molar-refractivity contribution in [1.29, 1.82) is 0 Å². The Balaban J connectivity index is 1.12. The van der Waals surface area contributed by atoms with E-state index in [2.05, 4.69) is 21.9 Å². The van der Waals surface area contributed by atoms with E-state index in [4.69, 9.17) is 14.5 Å². The predicted octanol–water partition coefficient (Wildman–Crippen LogP) is 4.82. The highest BCUT2D eigenvalue weighted by Gasteiger charge is 2.62.